The Morgan fingerprint density at radius 2 is 2.00 bits per heavy atom. The fourth-order valence-corrected chi connectivity index (χ4v) is 2.50. The van der Waals surface area contributed by atoms with Gasteiger partial charge in [-0.05, 0) is 19.1 Å². The number of halogens is 3. The predicted molar refractivity (Wildman–Crippen MR) is 79.9 cm³/mol. The van der Waals surface area contributed by atoms with Gasteiger partial charge in [0.15, 0.2) is 0 Å². The summed E-state index contributed by atoms with van der Waals surface area (Å²) in [6.45, 7) is 1.03. The molecule has 3 aromatic rings. The number of benzene rings is 1. The second-order valence-electron chi connectivity index (χ2n) is 5.22. The third-order valence-corrected chi connectivity index (χ3v) is 3.54. The average Bonchev–Trinajstić information content (AvgIpc) is 3.05. The van der Waals surface area contributed by atoms with Gasteiger partial charge in [0.05, 0.1) is 12.2 Å². The van der Waals surface area contributed by atoms with Crippen molar-refractivity contribution in [3.8, 4) is 5.69 Å². The van der Waals surface area contributed by atoms with Crippen LogP contribution < -0.4 is 5.69 Å². The molecule has 0 bridgehead atoms. The van der Waals surface area contributed by atoms with Crippen LogP contribution in [-0.4, -0.2) is 30.3 Å². The number of hydrogen-bond acceptors (Lipinski definition) is 3. The molecule has 0 fully saturated rings. The van der Waals surface area contributed by atoms with Gasteiger partial charge in [0.2, 0.25) is 0 Å². The van der Waals surface area contributed by atoms with Gasteiger partial charge < -0.3 is 0 Å². The van der Waals surface area contributed by atoms with Crippen molar-refractivity contribution in [1.29, 1.82) is 0 Å². The predicted octanol–water partition coefficient (Wildman–Crippen LogP) is 1.99. The minimum atomic E-state index is -2.58. The number of nitrogens with zero attached hydrogens (tertiary/aromatic N) is 5. The number of aryl methyl sites for hydroxylation is 1. The molecule has 1 aromatic carbocycles. The third-order valence-electron chi connectivity index (χ3n) is 3.54. The molecule has 0 amide bonds. The Balaban J connectivity index is 1.98. The van der Waals surface area contributed by atoms with Crippen LogP contribution in [0.4, 0.5) is 13.2 Å². The highest BCUT2D eigenvalue weighted by Gasteiger charge is 2.16. The monoisotopic (exact) mass is 337 g/mol. The lowest BCUT2D eigenvalue weighted by Crippen LogP contribution is -2.26. The number of para-hydroxylation sites is 1. The van der Waals surface area contributed by atoms with Crippen LogP contribution in [0.2, 0.25) is 0 Å². The van der Waals surface area contributed by atoms with E-state index in [2.05, 4.69) is 10.1 Å². The van der Waals surface area contributed by atoms with Crippen LogP contribution in [0.25, 0.3) is 5.69 Å². The molecule has 0 saturated carbocycles. The number of aromatic nitrogens is 5. The molecule has 0 N–H and O–H groups in total. The molecule has 0 aliphatic carbocycles. The molecule has 0 atom stereocenters. The molecule has 0 aliphatic rings. The van der Waals surface area contributed by atoms with Gasteiger partial charge in [-0.2, -0.15) is 5.10 Å². The molecule has 0 saturated heterocycles. The number of rotatable bonds is 5. The van der Waals surface area contributed by atoms with Gasteiger partial charge >= 0.3 is 5.69 Å². The number of hydrogen-bond donors (Lipinski definition) is 0. The zero-order chi connectivity index (χ0) is 17.3. The summed E-state index contributed by atoms with van der Waals surface area (Å²) in [6, 6.07) is 5.91. The fourth-order valence-electron chi connectivity index (χ4n) is 2.50. The minimum Gasteiger partial charge on any atom is -0.291 e. The summed E-state index contributed by atoms with van der Waals surface area (Å²) in [6.07, 6.45) is 0.103. The van der Waals surface area contributed by atoms with E-state index in [1.807, 2.05) is 0 Å². The largest absolute Gasteiger partial charge is 0.333 e. The molecule has 2 heterocycles. The maximum atomic E-state index is 14.0. The van der Waals surface area contributed by atoms with Crippen molar-refractivity contribution in [2.75, 3.05) is 0 Å². The van der Waals surface area contributed by atoms with E-state index in [4.69, 9.17) is 0 Å². The quantitative estimate of drug-likeness (QED) is 0.715. The molecule has 0 aliphatic heterocycles. The van der Waals surface area contributed by atoms with Crippen LogP contribution in [0.3, 0.4) is 0 Å². The molecular weight excluding hydrogens is 323 g/mol. The summed E-state index contributed by atoms with van der Waals surface area (Å²) in [7, 11) is 0. The molecule has 2 aromatic heterocycles. The highest BCUT2D eigenvalue weighted by molar-refractivity contribution is 5.35. The van der Waals surface area contributed by atoms with E-state index in [9.17, 15) is 18.0 Å². The zero-order valence-electron chi connectivity index (χ0n) is 12.7. The fraction of sp³-hybridized carbons (Fsp3) is 0.267. The van der Waals surface area contributed by atoms with Crippen LogP contribution in [0.5, 0.6) is 0 Å². The molecule has 6 nitrogen and oxygen atoms in total. The molecule has 126 valence electrons. The van der Waals surface area contributed by atoms with Crippen LogP contribution in [0, 0.1) is 12.7 Å². The van der Waals surface area contributed by atoms with Gasteiger partial charge in [0, 0.05) is 11.9 Å². The summed E-state index contributed by atoms with van der Waals surface area (Å²) in [4.78, 5) is 16.5. The van der Waals surface area contributed by atoms with Gasteiger partial charge in [-0.15, -0.1) is 0 Å². The number of alkyl halides is 2. The van der Waals surface area contributed by atoms with Crippen LogP contribution >= 0.6 is 0 Å². The van der Waals surface area contributed by atoms with E-state index in [-0.39, 0.29) is 18.1 Å². The number of imidazole rings is 1. The minimum absolute atomic E-state index is 0.0339. The molecule has 0 radical (unpaired) electrons. The summed E-state index contributed by atoms with van der Waals surface area (Å²) in [5, 5.41) is 3.73. The maximum absolute atomic E-state index is 14.0. The van der Waals surface area contributed by atoms with E-state index >= 15 is 0 Å². The van der Waals surface area contributed by atoms with E-state index in [1.165, 1.54) is 33.5 Å². The van der Waals surface area contributed by atoms with Crippen molar-refractivity contribution in [2.24, 2.45) is 0 Å². The van der Waals surface area contributed by atoms with Crippen molar-refractivity contribution in [3.05, 3.63) is 64.6 Å². The van der Waals surface area contributed by atoms with Crippen molar-refractivity contribution in [3.63, 3.8) is 0 Å². The Hall–Kier alpha value is -2.84. The first-order valence-corrected chi connectivity index (χ1v) is 7.16. The van der Waals surface area contributed by atoms with Crippen LogP contribution in [0.15, 0.2) is 41.6 Å². The van der Waals surface area contributed by atoms with Gasteiger partial charge in [-0.1, -0.05) is 12.1 Å². The van der Waals surface area contributed by atoms with Crippen molar-refractivity contribution in [2.45, 2.75) is 26.4 Å². The lowest BCUT2D eigenvalue weighted by atomic mass is 10.3. The third kappa shape index (κ3) is 2.97. The first-order valence-electron chi connectivity index (χ1n) is 7.16. The molecule has 3 rings (SSSR count). The van der Waals surface area contributed by atoms with E-state index in [0.717, 1.165) is 11.0 Å². The second-order valence-corrected chi connectivity index (χ2v) is 5.22. The van der Waals surface area contributed by atoms with Gasteiger partial charge in [0.25, 0.3) is 6.43 Å². The summed E-state index contributed by atoms with van der Waals surface area (Å²) in [5.74, 6) is -0.301. The van der Waals surface area contributed by atoms with Crippen molar-refractivity contribution >= 4 is 0 Å². The topological polar surface area (TPSA) is 57.6 Å². The van der Waals surface area contributed by atoms with Gasteiger partial charge in [0.1, 0.15) is 24.5 Å². The second kappa shape index (κ2) is 6.34. The SMILES string of the molecule is Cc1cn(Cc2ncnn2CC(F)F)c(=O)n1-c1ccccc1F. The maximum Gasteiger partial charge on any atom is 0.333 e. The molecular formula is C15H14F3N5O. The van der Waals surface area contributed by atoms with E-state index in [0.29, 0.717) is 5.69 Å². The smallest absolute Gasteiger partial charge is 0.291 e. The molecule has 24 heavy (non-hydrogen) atoms. The Kier molecular flexibility index (Phi) is 4.24. The lowest BCUT2D eigenvalue weighted by molar-refractivity contribution is 0.120. The van der Waals surface area contributed by atoms with E-state index in [1.54, 1.807) is 13.0 Å². The standard InChI is InChI=1S/C15H14F3N5O/c1-10-6-21(8-14-19-9-20-22(14)7-13(17)18)15(24)23(10)12-5-3-2-4-11(12)16/h2-6,9,13H,7-8H2,1H3. The molecule has 0 spiro atoms. The van der Waals surface area contributed by atoms with E-state index < -0.39 is 24.5 Å². The molecule has 0 unspecified atom stereocenters. The van der Waals surface area contributed by atoms with Crippen LogP contribution in [-0.2, 0) is 13.1 Å². The Morgan fingerprint density at radius 1 is 1.25 bits per heavy atom. The normalized spacial score (nSPS) is 11.4. The summed E-state index contributed by atoms with van der Waals surface area (Å²) >= 11 is 0. The van der Waals surface area contributed by atoms with Crippen molar-refractivity contribution in [1.82, 2.24) is 23.9 Å². The Labute approximate surface area is 134 Å². The summed E-state index contributed by atoms with van der Waals surface area (Å²) in [5.41, 5.74) is 0.169. The lowest BCUT2D eigenvalue weighted by Gasteiger charge is -2.06. The highest BCUT2D eigenvalue weighted by atomic mass is 19.3. The molecule has 9 heteroatoms. The first-order chi connectivity index (χ1) is 11.5. The Bertz CT molecular complexity index is 912. The zero-order valence-corrected chi connectivity index (χ0v) is 12.7. The summed E-state index contributed by atoms with van der Waals surface area (Å²) < 4.78 is 42.6. The first kappa shape index (κ1) is 16.0. The van der Waals surface area contributed by atoms with Gasteiger partial charge in [-0.25, -0.2) is 27.6 Å². The average molecular weight is 337 g/mol. The van der Waals surface area contributed by atoms with Gasteiger partial charge in [-0.3, -0.25) is 9.13 Å². The van der Waals surface area contributed by atoms with Crippen molar-refractivity contribution < 1.29 is 13.2 Å². The highest BCUT2D eigenvalue weighted by Crippen LogP contribution is 2.13. The van der Waals surface area contributed by atoms with Crippen LogP contribution in [0.1, 0.15) is 11.5 Å². The Morgan fingerprint density at radius 3 is 2.71 bits per heavy atom.